The van der Waals surface area contributed by atoms with Crippen LogP contribution in [0.15, 0.2) is 42.7 Å². The van der Waals surface area contributed by atoms with Crippen LogP contribution < -0.4 is 25.3 Å². The first-order valence-electron chi connectivity index (χ1n) is 11.2. The second-order valence-electron chi connectivity index (χ2n) is 8.49. The van der Waals surface area contributed by atoms with Crippen LogP contribution in [0.5, 0.6) is 17.2 Å². The average molecular weight is 495 g/mol. The molecule has 0 atom stereocenters. The summed E-state index contributed by atoms with van der Waals surface area (Å²) in [6.07, 6.45) is 3.65. The van der Waals surface area contributed by atoms with Crippen LogP contribution in [0, 0.1) is 0 Å². The lowest BCUT2D eigenvalue weighted by Gasteiger charge is -2.16. The second-order valence-corrected chi connectivity index (χ2v) is 8.90. The van der Waals surface area contributed by atoms with E-state index >= 15 is 0 Å². The topological polar surface area (TPSA) is 99.7 Å². The SMILES string of the molecule is COc1cc(OCCN(C)C)c(N)cc1Nc1ncc(Cl)c(-c2cn3c4c(cccc24)OCC3)n1. The molecule has 3 N–H and O–H groups in total. The van der Waals surface area contributed by atoms with E-state index in [9.17, 15) is 0 Å². The van der Waals surface area contributed by atoms with E-state index in [0.29, 0.717) is 52.8 Å². The van der Waals surface area contributed by atoms with Crippen LogP contribution in [0.2, 0.25) is 5.02 Å². The molecule has 4 aromatic rings. The van der Waals surface area contributed by atoms with Crippen molar-refractivity contribution in [3.05, 3.63) is 47.7 Å². The first-order valence-corrected chi connectivity index (χ1v) is 11.6. The van der Waals surface area contributed by atoms with E-state index in [2.05, 4.69) is 21.1 Å². The van der Waals surface area contributed by atoms with Gasteiger partial charge in [0.25, 0.3) is 0 Å². The van der Waals surface area contributed by atoms with Crippen LogP contribution in [0.25, 0.3) is 22.2 Å². The Morgan fingerprint density at radius 3 is 2.91 bits per heavy atom. The summed E-state index contributed by atoms with van der Waals surface area (Å²) in [5.74, 6) is 2.34. The van der Waals surface area contributed by atoms with Crippen molar-refractivity contribution in [1.82, 2.24) is 19.4 Å². The fourth-order valence-corrected chi connectivity index (χ4v) is 4.30. The zero-order valence-corrected chi connectivity index (χ0v) is 20.6. The number of nitrogens with one attached hydrogen (secondary N) is 1. The standard InChI is InChI=1S/C25H27ClN6O3/c1-31(2)7-9-35-21-12-22(33-3)19(11-18(21)27)29-25-28-13-17(26)23(30-25)16-14-32-8-10-34-20-6-4-5-15(16)24(20)32/h4-6,11-14H,7-10,27H2,1-3H3,(H,28,29,30). The summed E-state index contributed by atoms with van der Waals surface area (Å²) in [4.78, 5) is 11.2. The highest BCUT2D eigenvalue weighted by Gasteiger charge is 2.21. The molecule has 10 heteroatoms. The molecule has 0 unspecified atom stereocenters. The van der Waals surface area contributed by atoms with Gasteiger partial charge in [-0.25, -0.2) is 9.97 Å². The zero-order valence-electron chi connectivity index (χ0n) is 19.8. The van der Waals surface area contributed by atoms with Gasteiger partial charge in [0, 0.05) is 29.8 Å². The van der Waals surface area contributed by atoms with Gasteiger partial charge < -0.3 is 34.7 Å². The highest BCUT2D eigenvalue weighted by molar-refractivity contribution is 6.33. The Morgan fingerprint density at radius 1 is 1.26 bits per heavy atom. The molecule has 35 heavy (non-hydrogen) atoms. The van der Waals surface area contributed by atoms with Crippen LogP contribution in [-0.2, 0) is 6.54 Å². The van der Waals surface area contributed by atoms with Gasteiger partial charge >= 0.3 is 0 Å². The van der Waals surface area contributed by atoms with Gasteiger partial charge in [-0.15, -0.1) is 0 Å². The summed E-state index contributed by atoms with van der Waals surface area (Å²) < 4.78 is 19.4. The monoisotopic (exact) mass is 494 g/mol. The molecule has 2 aromatic heterocycles. The number of likely N-dealkylation sites (N-methyl/N-ethyl adjacent to an activating group) is 1. The maximum Gasteiger partial charge on any atom is 0.227 e. The lowest BCUT2D eigenvalue weighted by atomic mass is 10.1. The lowest BCUT2D eigenvalue weighted by Crippen LogP contribution is -2.19. The van der Waals surface area contributed by atoms with E-state index in [1.54, 1.807) is 25.4 Å². The first-order chi connectivity index (χ1) is 16.9. The van der Waals surface area contributed by atoms with Gasteiger partial charge in [-0.1, -0.05) is 23.7 Å². The van der Waals surface area contributed by atoms with Crippen molar-refractivity contribution >= 4 is 39.8 Å². The van der Waals surface area contributed by atoms with Crippen molar-refractivity contribution in [3.8, 4) is 28.5 Å². The molecule has 0 radical (unpaired) electrons. The third-order valence-corrected chi connectivity index (χ3v) is 6.10. The number of para-hydroxylation sites is 1. The number of hydrogen-bond acceptors (Lipinski definition) is 8. The molecule has 0 amide bonds. The van der Waals surface area contributed by atoms with Crippen LogP contribution in [0.1, 0.15) is 0 Å². The Labute approximate surface area is 208 Å². The number of benzene rings is 2. The number of anilines is 3. The second kappa shape index (κ2) is 9.52. The summed E-state index contributed by atoms with van der Waals surface area (Å²) in [6.45, 7) is 2.67. The van der Waals surface area contributed by atoms with Crippen molar-refractivity contribution in [2.24, 2.45) is 0 Å². The lowest BCUT2D eigenvalue weighted by molar-refractivity contribution is 0.261. The number of methoxy groups -OCH3 is 1. The average Bonchev–Trinajstić information content (AvgIpc) is 3.22. The summed E-state index contributed by atoms with van der Waals surface area (Å²) >= 11 is 6.56. The maximum absolute atomic E-state index is 6.56. The Morgan fingerprint density at radius 2 is 2.11 bits per heavy atom. The van der Waals surface area contributed by atoms with Gasteiger partial charge in [0.05, 0.1) is 47.5 Å². The fourth-order valence-electron chi connectivity index (χ4n) is 4.11. The van der Waals surface area contributed by atoms with Gasteiger partial charge in [0.2, 0.25) is 5.95 Å². The number of aromatic nitrogens is 3. The van der Waals surface area contributed by atoms with Crippen LogP contribution in [-0.4, -0.2) is 60.4 Å². The summed E-state index contributed by atoms with van der Waals surface area (Å²) in [7, 11) is 5.56. The summed E-state index contributed by atoms with van der Waals surface area (Å²) in [5, 5.41) is 4.69. The molecular weight excluding hydrogens is 468 g/mol. The van der Waals surface area contributed by atoms with E-state index in [4.69, 9.17) is 36.5 Å². The van der Waals surface area contributed by atoms with E-state index in [1.165, 1.54) is 0 Å². The highest BCUT2D eigenvalue weighted by Crippen LogP contribution is 2.40. The normalized spacial score (nSPS) is 12.6. The molecule has 0 fully saturated rings. The molecule has 9 nitrogen and oxygen atoms in total. The molecule has 0 spiro atoms. The van der Waals surface area contributed by atoms with E-state index in [0.717, 1.165) is 35.3 Å². The van der Waals surface area contributed by atoms with E-state index < -0.39 is 0 Å². The number of hydrogen-bond donors (Lipinski definition) is 2. The largest absolute Gasteiger partial charge is 0.494 e. The predicted octanol–water partition coefficient (Wildman–Crippen LogP) is 4.42. The minimum Gasteiger partial charge on any atom is -0.494 e. The van der Waals surface area contributed by atoms with Crippen LogP contribution >= 0.6 is 11.6 Å². The Hall–Kier alpha value is -3.69. The van der Waals surface area contributed by atoms with Gasteiger partial charge in [-0.05, 0) is 26.2 Å². The molecule has 3 heterocycles. The van der Waals surface area contributed by atoms with Gasteiger partial charge in [0.1, 0.15) is 30.5 Å². The molecule has 0 bridgehead atoms. The van der Waals surface area contributed by atoms with Crippen molar-refractivity contribution in [1.29, 1.82) is 0 Å². The minimum atomic E-state index is 0.367. The molecule has 0 aliphatic carbocycles. The van der Waals surface area contributed by atoms with Crippen molar-refractivity contribution in [3.63, 3.8) is 0 Å². The Balaban J connectivity index is 1.47. The quantitative estimate of drug-likeness (QED) is 0.347. The number of halogens is 1. The molecule has 182 valence electrons. The minimum absolute atomic E-state index is 0.367. The number of nitrogens with two attached hydrogens (primary N) is 1. The highest BCUT2D eigenvalue weighted by atomic mass is 35.5. The Kier molecular flexibility index (Phi) is 6.27. The fraction of sp³-hybridized carbons (Fsp3) is 0.280. The van der Waals surface area contributed by atoms with Crippen molar-refractivity contribution in [2.75, 3.05) is 52.0 Å². The molecular formula is C25H27ClN6O3. The molecule has 5 rings (SSSR count). The first kappa shape index (κ1) is 23.1. The van der Waals surface area contributed by atoms with Gasteiger partial charge in [-0.2, -0.15) is 0 Å². The van der Waals surface area contributed by atoms with Crippen molar-refractivity contribution in [2.45, 2.75) is 6.54 Å². The van der Waals surface area contributed by atoms with Crippen LogP contribution in [0.4, 0.5) is 17.3 Å². The number of ether oxygens (including phenoxy) is 3. The van der Waals surface area contributed by atoms with Crippen molar-refractivity contribution < 1.29 is 14.2 Å². The molecule has 2 aromatic carbocycles. The summed E-state index contributed by atoms with van der Waals surface area (Å²) in [5.41, 5.74) is 9.93. The maximum atomic E-state index is 6.56. The van der Waals surface area contributed by atoms with E-state index in [-0.39, 0.29) is 0 Å². The molecule has 0 saturated carbocycles. The predicted molar refractivity (Wildman–Crippen MR) is 138 cm³/mol. The number of nitrogens with zero attached hydrogens (tertiary/aromatic N) is 4. The third kappa shape index (κ3) is 4.52. The summed E-state index contributed by atoms with van der Waals surface area (Å²) in [6, 6.07) is 9.50. The van der Waals surface area contributed by atoms with Gasteiger partial charge in [-0.3, -0.25) is 0 Å². The molecule has 1 aliphatic rings. The van der Waals surface area contributed by atoms with Crippen LogP contribution in [0.3, 0.4) is 0 Å². The molecule has 1 aliphatic heterocycles. The van der Waals surface area contributed by atoms with Gasteiger partial charge in [0.15, 0.2) is 0 Å². The molecule has 0 saturated heterocycles. The Bertz CT molecular complexity index is 1390. The zero-order chi connectivity index (χ0) is 24.5. The third-order valence-electron chi connectivity index (χ3n) is 5.82. The smallest absolute Gasteiger partial charge is 0.227 e. The number of nitrogen functional groups attached to an aromatic ring is 1. The number of rotatable bonds is 8. The van der Waals surface area contributed by atoms with E-state index in [1.807, 2.05) is 37.2 Å².